The summed E-state index contributed by atoms with van der Waals surface area (Å²) in [6.45, 7) is 1.79. The van der Waals surface area contributed by atoms with Crippen molar-refractivity contribution in [3.05, 3.63) is 63.3 Å². The Labute approximate surface area is 125 Å². The van der Waals surface area contributed by atoms with Crippen molar-refractivity contribution in [3.8, 4) is 0 Å². The normalized spacial score (nSPS) is 12.1. The molecule has 1 aromatic carbocycles. The molecule has 104 valence electrons. The Morgan fingerprint density at radius 3 is 2.60 bits per heavy atom. The summed E-state index contributed by atoms with van der Waals surface area (Å²) < 4.78 is 0. The zero-order chi connectivity index (χ0) is 14.5. The maximum absolute atomic E-state index is 11.6. The molecule has 1 heterocycles. The molecule has 0 aliphatic carbocycles. The minimum Gasteiger partial charge on any atom is -0.392 e. The van der Waals surface area contributed by atoms with Crippen LogP contribution in [-0.4, -0.2) is 16.2 Å². The van der Waals surface area contributed by atoms with Crippen LogP contribution < -0.4 is 11.3 Å². The molecule has 0 unspecified atom stereocenters. The van der Waals surface area contributed by atoms with Crippen molar-refractivity contribution >= 4 is 28.4 Å². The molecule has 6 heteroatoms. The van der Waals surface area contributed by atoms with Crippen molar-refractivity contribution < 1.29 is 0 Å². The molecule has 0 aliphatic heterocycles. The Bertz CT molecular complexity index is 680. The third kappa shape index (κ3) is 3.68. The Morgan fingerprint density at radius 2 is 2.00 bits per heavy atom. The maximum atomic E-state index is 11.6. The predicted molar refractivity (Wildman–Crippen MR) is 86.5 cm³/mol. The third-order valence-corrected chi connectivity index (χ3v) is 4.39. The molecule has 3 N–H and O–H groups in total. The number of aromatic amines is 1. The van der Waals surface area contributed by atoms with Crippen LogP contribution in [0.5, 0.6) is 0 Å². The molecule has 0 saturated carbocycles. The van der Waals surface area contributed by atoms with E-state index < -0.39 is 0 Å². The lowest BCUT2D eigenvalue weighted by atomic mass is 10.4. The fourth-order valence-electron chi connectivity index (χ4n) is 1.60. The highest BCUT2D eigenvalue weighted by Gasteiger charge is 2.12. The molecule has 1 aromatic heterocycles. The van der Waals surface area contributed by atoms with E-state index >= 15 is 0 Å². The van der Waals surface area contributed by atoms with Crippen LogP contribution in [0.1, 0.15) is 11.5 Å². The van der Waals surface area contributed by atoms with Crippen LogP contribution >= 0.6 is 23.5 Å². The van der Waals surface area contributed by atoms with Gasteiger partial charge in [0.15, 0.2) is 0 Å². The second kappa shape index (κ2) is 6.67. The average molecular weight is 305 g/mol. The summed E-state index contributed by atoms with van der Waals surface area (Å²) in [6.07, 6.45) is 1.90. The molecule has 2 aromatic rings. The number of thioether (sulfide) groups is 2. The van der Waals surface area contributed by atoms with Crippen molar-refractivity contribution in [3.63, 3.8) is 0 Å². The number of nitrogens with two attached hydrogens (primary N) is 1. The highest BCUT2D eigenvalue weighted by Crippen LogP contribution is 2.35. The van der Waals surface area contributed by atoms with Gasteiger partial charge in [0.2, 0.25) is 0 Å². The third-order valence-electron chi connectivity index (χ3n) is 2.49. The first-order valence-electron chi connectivity index (χ1n) is 5.95. The van der Waals surface area contributed by atoms with Crippen LogP contribution in [0.25, 0.3) is 4.91 Å². The van der Waals surface area contributed by atoms with Gasteiger partial charge in [-0.15, -0.1) is 11.8 Å². The number of H-pyrrole nitrogens is 1. The highest BCUT2D eigenvalue weighted by molar-refractivity contribution is 8.10. The van der Waals surface area contributed by atoms with Gasteiger partial charge >= 0.3 is 0 Å². The molecule has 2 rings (SSSR count). The molecule has 20 heavy (non-hydrogen) atoms. The number of aromatic nitrogens is 2. The lowest BCUT2D eigenvalue weighted by Crippen LogP contribution is -2.11. The number of nitrogens with zero attached hydrogens (tertiary/aromatic N) is 1. The number of rotatable bonds is 4. The van der Waals surface area contributed by atoms with E-state index in [-0.39, 0.29) is 5.56 Å². The Morgan fingerprint density at radius 1 is 1.30 bits per heavy atom. The highest BCUT2D eigenvalue weighted by atomic mass is 32.2. The summed E-state index contributed by atoms with van der Waals surface area (Å²) in [5, 5.41) is 0.632. The van der Waals surface area contributed by atoms with Crippen molar-refractivity contribution in [2.75, 3.05) is 6.26 Å². The SMILES string of the molecule is CSC(N)=C(Sc1ccccc1)c1nc(C)cc(=O)[nH]1. The molecule has 0 bridgehead atoms. The van der Waals surface area contributed by atoms with E-state index in [1.165, 1.54) is 29.6 Å². The number of hydrogen-bond acceptors (Lipinski definition) is 5. The van der Waals surface area contributed by atoms with E-state index in [2.05, 4.69) is 9.97 Å². The van der Waals surface area contributed by atoms with E-state index in [0.29, 0.717) is 16.5 Å². The minimum atomic E-state index is -0.174. The maximum Gasteiger partial charge on any atom is 0.251 e. The number of benzene rings is 1. The van der Waals surface area contributed by atoms with E-state index in [0.717, 1.165) is 9.80 Å². The van der Waals surface area contributed by atoms with Gasteiger partial charge < -0.3 is 10.7 Å². The largest absolute Gasteiger partial charge is 0.392 e. The Balaban J connectivity index is 2.46. The van der Waals surface area contributed by atoms with Crippen molar-refractivity contribution in [1.29, 1.82) is 0 Å². The quantitative estimate of drug-likeness (QED) is 0.850. The Kier molecular flexibility index (Phi) is 4.92. The molecule has 0 saturated heterocycles. The Hall–Kier alpha value is -1.66. The summed E-state index contributed by atoms with van der Waals surface area (Å²) in [5.41, 5.74) is 6.55. The zero-order valence-corrected chi connectivity index (χ0v) is 12.8. The van der Waals surface area contributed by atoms with Gasteiger partial charge in [-0.05, 0) is 25.3 Å². The summed E-state index contributed by atoms with van der Waals surface area (Å²) >= 11 is 2.93. The van der Waals surface area contributed by atoms with Gasteiger partial charge in [-0.2, -0.15) is 0 Å². The van der Waals surface area contributed by atoms with Gasteiger partial charge in [-0.25, -0.2) is 4.98 Å². The van der Waals surface area contributed by atoms with Crippen LogP contribution in [0.15, 0.2) is 51.1 Å². The van der Waals surface area contributed by atoms with Crippen molar-refractivity contribution in [2.45, 2.75) is 11.8 Å². The van der Waals surface area contributed by atoms with Crippen LogP contribution in [0, 0.1) is 6.92 Å². The summed E-state index contributed by atoms with van der Waals surface area (Å²) in [7, 11) is 0. The standard InChI is InChI=1S/C14H15N3OS2/c1-9-8-11(18)17-14(16-9)12(13(15)19-2)20-10-6-4-3-5-7-10/h3-8H,15H2,1-2H3,(H,16,17,18). The van der Waals surface area contributed by atoms with Gasteiger partial charge in [-0.3, -0.25) is 4.79 Å². The lowest BCUT2D eigenvalue weighted by molar-refractivity contribution is 1.04. The number of hydrogen-bond donors (Lipinski definition) is 2. The van der Waals surface area contributed by atoms with E-state index in [1.54, 1.807) is 6.92 Å². The van der Waals surface area contributed by atoms with Gasteiger partial charge in [0.1, 0.15) is 5.82 Å². The van der Waals surface area contributed by atoms with Crippen molar-refractivity contribution in [2.24, 2.45) is 5.73 Å². The molecule has 0 radical (unpaired) electrons. The fourth-order valence-corrected chi connectivity index (χ4v) is 3.08. The molecule has 4 nitrogen and oxygen atoms in total. The summed E-state index contributed by atoms with van der Waals surface area (Å²) in [4.78, 5) is 20.5. The topological polar surface area (TPSA) is 71.8 Å². The van der Waals surface area contributed by atoms with Crippen LogP contribution in [0.2, 0.25) is 0 Å². The fraction of sp³-hybridized carbons (Fsp3) is 0.143. The molecule has 0 spiro atoms. The van der Waals surface area contributed by atoms with Crippen LogP contribution in [-0.2, 0) is 0 Å². The molecule has 0 aliphatic rings. The van der Waals surface area contributed by atoms with Crippen LogP contribution in [0.4, 0.5) is 0 Å². The molecular weight excluding hydrogens is 290 g/mol. The molecular formula is C14H15N3OS2. The second-order valence-corrected chi connectivity index (χ2v) is 5.98. The summed E-state index contributed by atoms with van der Waals surface area (Å²) in [5.74, 6) is 0.510. The van der Waals surface area contributed by atoms with E-state index in [4.69, 9.17) is 5.73 Å². The first kappa shape index (κ1) is 14.7. The number of aryl methyl sites for hydroxylation is 1. The molecule has 0 fully saturated rings. The molecule has 0 amide bonds. The molecule has 0 atom stereocenters. The van der Waals surface area contributed by atoms with Gasteiger partial charge in [-0.1, -0.05) is 30.0 Å². The van der Waals surface area contributed by atoms with Gasteiger partial charge in [0.25, 0.3) is 5.56 Å². The monoisotopic (exact) mass is 305 g/mol. The first-order valence-corrected chi connectivity index (χ1v) is 7.99. The minimum absolute atomic E-state index is 0.174. The summed E-state index contributed by atoms with van der Waals surface area (Å²) in [6, 6.07) is 11.3. The number of nitrogens with one attached hydrogen (secondary N) is 1. The zero-order valence-electron chi connectivity index (χ0n) is 11.2. The van der Waals surface area contributed by atoms with Crippen LogP contribution in [0.3, 0.4) is 0 Å². The smallest absolute Gasteiger partial charge is 0.251 e. The van der Waals surface area contributed by atoms with E-state index in [9.17, 15) is 4.79 Å². The van der Waals surface area contributed by atoms with Gasteiger partial charge in [0, 0.05) is 16.7 Å². The average Bonchev–Trinajstić information content (AvgIpc) is 2.44. The second-order valence-electron chi connectivity index (χ2n) is 4.05. The predicted octanol–water partition coefficient (Wildman–Crippen LogP) is 2.82. The van der Waals surface area contributed by atoms with E-state index in [1.807, 2.05) is 36.6 Å². The van der Waals surface area contributed by atoms with Crippen molar-refractivity contribution in [1.82, 2.24) is 9.97 Å². The first-order chi connectivity index (χ1) is 9.60. The van der Waals surface area contributed by atoms with Gasteiger partial charge in [0.05, 0.1) is 9.93 Å². The lowest BCUT2D eigenvalue weighted by Gasteiger charge is -2.10.